The van der Waals surface area contributed by atoms with Gasteiger partial charge in [0.2, 0.25) is 0 Å². The highest BCUT2D eigenvalue weighted by atomic mass is 79.9. The van der Waals surface area contributed by atoms with Crippen LogP contribution in [0.4, 0.5) is 0 Å². The number of halogens is 1. The molecule has 2 nitrogen and oxygen atoms in total. The van der Waals surface area contributed by atoms with Gasteiger partial charge in [0, 0.05) is 28.4 Å². The maximum absolute atomic E-state index is 4.62. The third kappa shape index (κ3) is 3.90. The Kier molecular flexibility index (Phi) is 4.54. The molecule has 1 aliphatic rings. The van der Waals surface area contributed by atoms with Crippen LogP contribution in [-0.4, -0.2) is 17.6 Å². The van der Waals surface area contributed by atoms with Crippen LogP contribution in [-0.2, 0) is 6.42 Å². The smallest absolute Gasteiger partial charge is 0.0897 e. The van der Waals surface area contributed by atoms with E-state index in [2.05, 4.69) is 62.8 Å². The normalized spacial score (nSPS) is 16.3. The average Bonchev–Trinajstić information content (AvgIpc) is 3.17. The van der Waals surface area contributed by atoms with E-state index < -0.39 is 0 Å². The molecule has 1 aliphatic carbocycles. The van der Waals surface area contributed by atoms with Crippen molar-refractivity contribution < 1.29 is 0 Å². The molecule has 0 bridgehead atoms. The summed E-state index contributed by atoms with van der Waals surface area (Å²) in [6, 6.07) is 9.42. The van der Waals surface area contributed by atoms with Crippen molar-refractivity contribution in [2.45, 2.75) is 38.1 Å². The van der Waals surface area contributed by atoms with Crippen LogP contribution in [0.15, 0.2) is 34.1 Å². The molecule has 106 valence electrons. The number of hydrogen-bond donors (Lipinski definition) is 1. The minimum atomic E-state index is 0.495. The van der Waals surface area contributed by atoms with E-state index in [9.17, 15) is 0 Å². The summed E-state index contributed by atoms with van der Waals surface area (Å²) in [5.41, 5.74) is 2.60. The van der Waals surface area contributed by atoms with Gasteiger partial charge in [-0.15, -0.1) is 11.3 Å². The molecule has 1 unspecified atom stereocenters. The average molecular weight is 351 g/mol. The van der Waals surface area contributed by atoms with Gasteiger partial charge in [-0.25, -0.2) is 4.98 Å². The van der Waals surface area contributed by atoms with Crippen LogP contribution in [0.5, 0.6) is 0 Å². The lowest BCUT2D eigenvalue weighted by Gasteiger charge is -2.17. The van der Waals surface area contributed by atoms with E-state index in [-0.39, 0.29) is 0 Å². The third-order valence-corrected chi connectivity index (χ3v) is 4.99. The second-order valence-corrected chi connectivity index (χ2v) is 7.47. The van der Waals surface area contributed by atoms with Crippen molar-refractivity contribution >= 4 is 27.3 Å². The van der Waals surface area contributed by atoms with Crippen molar-refractivity contribution in [3.05, 3.63) is 50.4 Å². The standard InChI is InChI=1S/C16H19BrN2S/c1-11-19-16(10-20-11)8-13(9-18-15-5-6-15)12-3-2-4-14(17)7-12/h2-4,7,10,13,15,18H,5-6,8-9H2,1H3. The number of nitrogens with zero attached hydrogens (tertiary/aromatic N) is 1. The molecule has 0 amide bonds. The zero-order valence-corrected chi connectivity index (χ0v) is 14.0. The van der Waals surface area contributed by atoms with Gasteiger partial charge in [0.1, 0.15) is 0 Å². The first-order chi connectivity index (χ1) is 9.70. The van der Waals surface area contributed by atoms with E-state index in [1.165, 1.54) is 24.1 Å². The number of aryl methyl sites for hydroxylation is 1. The monoisotopic (exact) mass is 350 g/mol. The molecule has 1 saturated carbocycles. The molecule has 0 saturated heterocycles. The van der Waals surface area contributed by atoms with Gasteiger partial charge in [0.15, 0.2) is 0 Å². The number of hydrogen-bond acceptors (Lipinski definition) is 3. The molecule has 1 aromatic carbocycles. The van der Waals surface area contributed by atoms with Gasteiger partial charge >= 0.3 is 0 Å². The predicted molar refractivity (Wildman–Crippen MR) is 88.5 cm³/mol. The molecule has 1 aromatic heterocycles. The molecule has 1 atom stereocenters. The Morgan fingerprint density at radius 2 is 2.30 bits per heavy atom. The summed E-state index contributed by atoms with van der Waals surface area (Å²) in [5.74, 6) is 0.495. The molecule has 3 rings (SSSR count). The van der Waals surface area contributed by atoms with Crippen molar-refractivity contribution in [1.29, 1.82) is 0 Å². The fourth-order valence-corrected chi connectivity index (χ4v) is 3.46. The lowest BCUT2D eigenvalue weighted by Crippen LogP contribution is -2.25. The Hall–Kier alpha value is -0.710. The van der Waals surface area contributed by atoms with Crippen LogP contribution in [0.1, 0.15) is 35.0 Å². The second kappa shape index (κ2) is 6.37. The highest BCUT2D eigenvalue weighted by Crippen LogP contribution is 2.26. The zero-order chi connectivity index (χ0) is 13.9. The lowest BCUT2D eigenvalue weighted by molar-refractivity contribution is 0.573. The Morgan fingerprint density at radius 1 is 1.45 bits per heavy atom. The first-order valence-corrected chi connectivity index (χ1v) is 8.78. The summed E-state index contributed by atoms with van der Waals surface area (Å²) in [5, 5.41) is 7.01. The minimum Gasteiger partial charge on any atom is -0.313 e. The van der Waals surface area contributed by atoms with Gasteiger partial charge in [0.25, 0.3) is 0 Å². The van der Waals surface area contributed by atoms with Gasteiger partial charge in [-0.3, -0.25) is 0 Å². The highest BCUT2D eigenvalue weighted by molar-refractivity contribution is 9.10. The molecule has 1 fully saturated rings. The molecule has 20 heavy (non-hydrogen) atoms. The Morgan fingerprint density at radius 3 is 2.95 bits per heavy atom. The molecule has 0 radical (unpaired) electrons. The van der Waals surface area contributed by atoms with Crippen molar-refractivity contribution in [2.24, 2.45) is 0 Å². The van der Waals surface area contributed by atoms with Gasteiger partial charge < -0.3 is 5.32 Å². The Balaban J connectivity index is 1.74. The van der Waals surface area contributed by atoms with E-state index in [4.69, 9.17) is 0 Å². The van der Waals surface area contributed by atoms with Crippen LogP contribution in [0.25, 0.3) is 0 Å². The van der Waals surface area contributed by atoms with Crippen molar-refractivity contribution in [1.82, 2.24) is 10.3 Å². The van der Waals surface area contributed by atoms with Crippen LogP contribution >= 0.6 is 27.3 Å². The largest absolute Gasteiger partial charge is 0.313 e. The zero-order valence-electron chi connectivity index (χ0n) is 11.6. The van der Waals surface area contributed by atoms with E-state index in [1.54, 1.807) is 11.3 Å². The summed E-state index contributed by atoms with van der Waals surface area (Å²) in [7, 11) is 0. The number of aromatic nitrogens is 1. The lowest BCUT2D eigenvalue weighted by atomic mass is 9.94. The maximum atomic E-state index is 4.62. The van der Waals surface area contributed by atoms with Crippen molar-refractivity contribution in [3.63, 3.8) is 0 Å². The quantitative estimate of drug-likeness (QED) is 0.840. The third-order valence-electron chi connectivity index (χ3n) is 3.67. The predicted octanol–water partition coefficient (Wildman–Crippen LogP) is 4.29. The first-order valence-electron chi connectivity index (χ1n) is 7.10. The highest BCUT2D eigenvalue weighted by Gasteiger charge is 2.23. The van der Waals surface area contributed by atoms with E-state index in [0.717, 1.165) is 28.5 Å². The summed E-state index contributed by atoms with van der Waals surface area (Å²) >= 11 is 5.32. The number of benzene rings is 1. The van der Waals surface area contributed by atoms with Crippen molar-refractivity contribution in [2.75, 3.05) is 6.54 Å². The molecule has 1 N–H and O–H groups in total. The first kappa shape index (κ1) is 14.2. The minimum absolute atomic E-state index is 0.495. The molecule has 0 aliphatic heterocycles. The molecule has 2 aromatic rings. The second-order valence-electron chi connectivity index (χ2n) is 5.50. The molecule has 4 heteroatoms. The summed E-state index contributed by atoms with van der Waals surface area (Å²) < 4.78 is 1.15. The van der Waals surface area contributed by atoms with Crippen LogP contribution in [0, 0.1) is 6.92 Å². The maximum Gasteiger partial charge on any atom is 0.0897 e. The SMILES string of the molecule is Cc1nc(CC(CNC2CC2)c2cccc(Br)c2)cs1. The Labute approximate surface area is 132 Å². The topological polar surface area (TPSA) is 24.9 Å². The molecular weight excluding hydrogens is 332 g/mol. The van der Waals surface area contributed by atoms with Crippen LogP contribution < -0.4 is 5.32 Å². The van der Waals surface area contributed by atoms with Gasteiger partial charge in [-0.05, 0) is 43.9 Å². The van der Waals surface area contributed by atoms with Crippen LogP contribution in [0.2, 0.25) is 0 Å². The van der Waals surface area contributed by atoms with Crippen molar-refractivity contribution in [3.8, 4) is 0 Å². The van der Waals surface area contributed by atoms with Crippen LogP contribution in [0.3, 0.4) is 0 Å². The van der Waals surface area contributed by atoms with Gasteiger partial charge in [-0.2, -0.15) is 0 Å². The fourth-order valence-electron chi connectivity index (χ4n) is 2.42. The number of rotatable bonds is 6. The van der Waals surface area contributed by atoms with E-state index in [0.29, 0.717) is 5.92 Å². The summed E-state index contributed by atoms with van der Waals surface area (Å²) in [4.78, 5) is 4.62. The number of nitrogens with one attached hydrogen (secondary N) is 1. The fraction of sp³-hybridized carbons (Fsp3) is 0.438. The molecule has 1 heterocycles. The molecular formula is C16H19BrN2S. The Bertz CT molecular complexity index is 577. The van der Waals surface area contributed by atoms with E-state index in [1.807, 2.05) is 0 Å². The summed E-state index contributed by atoms with van der Waals surface area (Å²) in [6.45, 7) is 3.11. The summed E-state index contributed by atoms with van der Waals surface area (Å²) in [6.07, 6.45) is 3.68. The van der Waals surface area contributed by atoms with Gasteiger partial charge in [0.05, 0.1) is 10.7 Å². The molecule has 0 spiro atoms. The number of thiazole rings is 1. The van der Waals surface area contributed by atoms with E-state index >= 15 is 0 Å². The van der Waals surface area contributed by atoms with Gasteiger partial charge in [-0.1, -0.05) is 28.1 Å².